The van der Waals surface area contributed by atoms with Gasteiger partial charge < -0.3 is 4.98 Å². The summed E-state index contributed by atoms with van der Waals surface area (Å²) in [7, 11) is 0. The van der Waals surface area contributed by atoms with Crippen molar-refractivity contribution < 1.29 is 0 Å². The van der Waals surface area contributed by atoms with Crippen LogP contribution in [-0.2, 0) is 6.42 Å². The fourth-order valence-electron chi connectivity index (χ4n) is 2.90. The number of H-pyrrole nitrogens is 1. The number of aromatic nitrogens is 2. The predicted molar refractivity (Wildman–Crippen MR) is 87.6 cm³/mol. The van der Waals surface area contributed by atoms with E-state index in [1.807, 2.05) is 0 Å². The molecule has 0 aliphatic carbocycles. The van der Waals surface area contributed by atoms with E-state index in [1.165, 1.54) is 21.9 Å². The van der Waals surface area contributed by atoms with E-state index in [9.17, 15) is 0 Å². The average Bonchev–Trinajstić information content (AvgIpc) is 2.86. The zero-order chi connectivity index (χ0) is 14.2. The molecule has 0 saturated carbocycles. The molecule has 0 unspecified atom stereocenters. The molecule has 0 spiro atoms. The molecular weight excluding hydrogens is 256 g/mol. The second kappa shape index (κ2) is 4.74. The summed E-state index contributed by atoms with van der Waals surface area (Å²) in [5, 5.41) is 2.46. The lowest BCUT2D eigenvalue weighted by molar-refractivity contribution is 1.10. The Labute approximate surface area is 123 Å². The van der Waals surface area contributed by atoms with Gasteiger partial charge in [0.2, 0.25) is 0 Å². The first-order chi connectivity index (χ1) is 10.3. The molecule has 1 N–H and O–H groups in total. The van der Waals surface area contributed by atoms with Crippen molar-refractivity contribution in [3.05, 3.63) is 77.5 Å². The molecule has 2 heterocycles. The van der Waals surface area contributed by atoms with Crippen molar-refractivity contribution in [2.24, 2.45) is 0 Å². The summed E-state index contributed by atoms with van der Waals surface area (Å²) >= 11 is 0. The number of benzene rings is 2. The summed E-state index contributed by atoms with van der Waals surface area (Å²) in [6.07, 6.45) is 0.926. The van der Waals surface area contributed by atoms with Gasteiger partial charge in [0.05, 0.1) is 0 Å². The lowest BCUT2D eigenvalue weighted by Gasteiger charge is -2.06. The van der Waals surface area contributed by atoms with Crippen molar-refractivity contribution >= 4 is 21.9 Å². The molecule has 2 aromatic carbocycles. The van der Waals surface area contributed by atoms with Crippen LogP contribution >= 0.6 is 0 Å². The number of hydrogen-bond donors (Lipinski definition) is 1. The van der Waals surface area contributed by atoms with E-state index in [1.54, 1.807) is 0 Å². The Balaban J connectivity index is 1.89. The summed E-state index contributed by atoms with van der Waals surface area (Å²) in [5.74, 6) is 0. The van der Waals surface area contributed by atoms with Gasteiger partial charge in [-0.25, -0.2) is 4.98 Å². The van der Waals surface area contributed by atoms with Gasteiger partial charge in [0, 0.05) is 22.0 Å². The molecule has 0 saturated heterocycles. The predicted octanol–water partition coefficient (Wildman–Crippen LogP) is 4.62. The van der Waals surface area contributed by atoms with Crippen molar-refractivity contribution in [1.82, 2.24) is 9.97 Å². The fourth-order valence-corrected chi connectivity index (χ4v) is 2.90. The molecule has 102 valence electrons. The van der Waals surface area contributed by atoms with Crippen molar-refractivity contribution in [2.45, 2.75) is 13.3 Å². The van der Waals surface area contributed by atoms with Crippen molar-refractivity contribution in [1.29, 1.82) is 0 Å². The highest BCUT2D eigenvalue weighted by molar-refractivity contribution is 6.06. The molecule has 21 heavy (non-hydrogen) atoms. The molecule has 0 amide bonds. The maximum absolute atomic E-state index is 4.75. The highest BCUT2D eigenvalue weighted by Gasteiger charge is 2.09. The van der Waals surface area contributed by atoms with Gasteiger partial charge in [0.1, 0.15) is 5.65 Å². The van der Waals surface area contributed by atoms with E-state index in [4.69, 9.17) is 4.98 Å². The highest BCUT2D eigenvalue weighted by atomic mass is 14.9. The molecule has 0 bridgehead atoms. The molecule has 0 aliphatic heterocycles. The lowest BCUT2D eigenvalue weighted by Crippen LogP contribution is -1.95. The van der Waals surface area contributed by atoms with E-state index in [0.29, 0.717) is 0 Å². The third kappa shape index (κ3) is 2.09. The summed E-state index contributed by atoms with van der Waals surface area (Å²) in [5.41, 5.74) is 5.83. The molecule has 2 nitrogen and oxygen atoms in total. The van der Waals surface area contributed by atoms with Crippen LogP contribution in [0.4, 0.5) is 0 Å². The van der Waals surface area contributed by atoms with Crippen LogP contribution in [-0.4, -0.2) is 9.97 Å². The van der Waals surface area contributed by atoms with Crippen LogP contribution in [0.1, 0.15) is 16.8 Å². The first-order valence-electron chi connectivity index (χ1n) is 7.22. The number of hydrogen-bond acceptors (Lipinski definition) is 1. The summed E-state index contributed by atoms with van der Waals surface area (Å²) in [6, 6.07) is 21.2. The topological polar surface area (TPSA) is 28.7 Å². The quantitative estimate of drug-likeness (QED) is 0.567. The minimum absolute atomic E-state index is 0.926. The first-order valence-corrected chi connectivity index (χ1v) is 7.22. The van der Waals surface area contributed by atoms with Gasteiger partial charge in [-0.15, -0.1) is 0 Å². The van der Waals surface area contributed by atoms with E-state index >= 15 is 0 Å². The van der Waals surface area contributed by atoms with Crippen LogP contribution in [0, 0.1) is 6.92 Å². The van der Waals surface area contributed by atoms with E-state index in [-0.39, 0.29) is 0 Å². The lowest BCUT2D eigenvalue weighted by atomic mass is 10.0. The van der Waals surface area contributed by atoms with Gasteiger partial charge in [0.15, 0.2) is 0 Å². The van der Waals surface area contributed by atoms with Gasteiger partial charge in [0.25, 0.3) is 0 Å². The molecular formula is C19H16N2. The molecule has 2 aromatic heterocycles. The zero-order valence-electron chi connectivity index (χ0n) is 11.9. The normalized spacial score (nSPS) is 11.3. The van der Waals surface area contributed by atoms with Crippen LogP contribution in [0.25, 0.3) is 21.9 Å². The van der Waals surface area contributed by atoms with Crippen LogP contribution in [0.3, 0.4) is 0 Å². The molecule has 4 aromatic rings. The average molecular weight is 272 g/mol. The van der Waals surface area contributed by atoms with E-state index < -0.39 is 0 Å². The standard InChI is InChI=1S/C19H16N2/c1-13-15(11-14-7-3-2-4-8-14)12-17-16-9-5-6-10-18(16)21-19(17)20-13/h2-10,12H,11H2,1H3,(H,20,21). The number of para-hydroxylation sites is 1. The number of rotatable bonds is 2. The van der Waals surface area contributed by atoms with Crippen LogP contribution < -0.4 is 0 Å². The minimum atomic E-state index is 0.926. The Hall–Kier alpha value is -2.61. The molecule has 0 atom stereocenters. The number of fused-ring (bicyclic) bond motifs is 3. The maximum Gasteiger partial charge on any atom is 0.138 e. The van der Waals surface area contributed by atoms with E-state index in [2.05, 4.69) is 72.6 Å². The van der Waals surface area contributed by atoms with Gasteiger partial charge in [-0.05, 0) is 36.6 Å². The van der Waals surface area contributed by atoms with Crippen molar-refractivity contribution in [3.8, 4) is 0 Å². The highest BCUT2D eigenvalue weighted by Crippen LogP contribution is 2.26. The number of aryl methyl sites for hydroxylation is 1. The van der Waals surface area contributed by atoms with Crippen molar-refractivity contribution in [3.63, 3.8) is 0 Å². The Morgan fingerprint density at radius 2 is 1.67 bits per heavy atom. The molecule has 0 radical (unpaired) electrons. The number of nitrogens with one attached hydrogen (secondary N) is 1. The second-order valence-electron chi connectivity index (χ2n) is 5.46. The molecule has 2 heteroatoms. The van der Waals surface area contributed by atoms with Gasteiger partial charge in [-0.3, -0.25) is 0 Å². The van der Waals surface area contributed by atoms with Gasteiger partial charge in [-0.1, -0.05) is 48.5 Å². The maximum atomic E-state index is 4.75. The number of aromatic amines is 1. The number of pyridine rings is 1. The Morgan fingerprint density at radius 3 is 2.52 bits per heavy atom. The Bertz CT molecular complexity index is 920. The third-order valence-corrected chi connectivity index (χ3v) is 4.03. The smallest absolute Gasteiger partial charge is 0.138 e. The summed E-state index contributed by atoms with van der Waals surface area (Å²) in [4.78, 5) is 8.15. The first kappa shape index (κ1) is 12.2. The van der Waals surface area contributed by atoms with Crippen LogP contribution in [0.15, 0.2) is 60.7 Å². The monoisotopic (exact) mass is 272 g/mol. The number of nitrogens with zero attached hydrogens (tertiary/aromatic N) is 1. The van der Waals surface area contributed by atoms with Crippen LogP contribution in [0.2, 0.25) is 0 Å². The minimum Gasteiger partial charge on any atom is -0.339 e. The van der Waals surface area contributed by atoms with Gasteiger partial charge >= 0.3 is 0 Å². The fraction of sp³-hybridized carbons (Fsp3) is 0.105. The zero-order valence-corrected chi connectivity index (χ0v) is 11.9. The largest absolute Gasteiger partial charge is 0.339 e. The Morgan fingerprint density at radius 1 is 0.905 bits per heavy atom. The molecule has 0 fully saturated rings. The molecule has 4 rings (SSSR count). The van der Waals surface area contributed by atoms with E-state index in [0.717, 1.165) is 23.3 Å². The van der Waals surface area contributed by atoms with Crippen LogP contribution in [0.5, 0.6) is 0 Å². The summed E-state index contributed by atoms with van der Waals surface area (Å²) < 4.78 is 0. The molecule has 0 aliphatic rings. The second-order valence-corrected chi connectivity index (χ2v) is 5.46. The third-order valence-electron chi connectivity index (χ3n) is 4.03. The SMILES string of the molecule is Cc1nc2[nH]c3ccccc3c2cc1Cc1ccccc1. The summed E-state index contributed by atoms with van der Waals surface area (Å²) in [6.45, 7) is 2.09. The Kier molecular flexibility index (Phi) is 2.74. The van der Waals surface area contributed by atoms with Gasteiger partial charge in [-0.2, -0.15) is 0 Å². The van der Waals surface area contributed by atoms with Crippen molar-refractivity contribution in [2.75, 3.05) is 0 Å².